The first kappa shape index (κ1) is 10.2. The summed E-state index contributed by atoms with van der Waals surface area (Å²) in [5, 5.41) is 3.37. The minimum Gasteiger partial charge on any atom is -0.367 e. The van der Waals surface area contributed by atoms with E-state index in [1.54, 1.807) is 0 Å². The molecule has 15 heavy (non-hydrogen) atoms. The number of amidine groups is 1. The highest BCUT2D eigenvalue weighted by atomic mass is 15.1. The third-order valence-corrected chi connectivity index (χ3v) is 2.75. The second-order valence-electron chi connectivity index (χ2n) is 3.95. The number of aromatic nitrogens is 2. The molecular formula is C11H18N4. The molecule has 4 nitrogen and oxygen atoms in total. The third kappa shape index (κ3) is 2.81. The number of hydrogen-bond donors (Lipinski definition) is 1. The average Bonchev–Trinajstić information content (AvgIpc) is 2.53. The maximum Gasteiger partial charge on any atom is 0.127 e. The number of rotatable bonds is 2. The second kappa shape index (κ2) is 4.96. The van der Waals surface area contributed by atoms with E-state index in [9.17, 15) is 0 Å². The lowest BCUT2D eigenvalue weighted by Crippen LogP contribution is -2.24. The Labute approximate surface area is 90.4 Å². The summed E-state index contributed by atoms with van der Waals surface area (Å²) in [6.07, 6.45) is 8.67. The van der Waals surface area contributed by atoms with Crippen LogP contribution < -0.4 is 5.32 Å². The molecule has 0 bridgehead atoms. The van der Waals surface area contributed by atoms with Crippen LogP contribution in [0.2, 0.25) is 0 Å². The molecule has 0 aliphatic carbocycles. The summed E-state index contributed by atoms with van der Waals surface area (Å²) >= 11 is 0. The van der Waals surface area contributed by atoms with Crippen molar-refractivity contribution >= 4 is 5.84 Å². The van der Waals surface area contributed by atoms with Gasteiger partial charge in [-0.2, -0.15) is 0 Å². The SMILES string of the molecule is Cn1ccnc1CNC1=NCCCCC1. The first-order valence-electron chi connectivity index (χ1n) is 5.59. The zero-order valence-electron chi connectivity index (χ0n) is 9.24. The Morgan fingerprint density at radius 1 is 1.40 bits per heavy atom. The molecule has 0 fully saturated rings. The molecule has 1 aromatic heterocycles. The molecule has 0 unspecified atom stereocenters. The molecule has 0 spiro atoms. The minimum atomic E-state index is 0.780. The quantitative estimate of drug-likeness (QED) is 0.796. The molecule has 1 aliphatic rings. The molecule has 1 aromatic rings. The highest BCUT2D eigenvalue weighted by Crippen LogP contribution is 2.06. The minimum absolute atomic E-state index is 0.780. The Balaban J connectivity index is 1.87. The van der Waals surface area contributed by atoms with Crippen molar-refractivity contribution in [3.05, 3.63) is 18.2 Å². The predicted molar refractivity (Wildman–Crippen MR) is 60.8 cm³/mol. The highest BCUT2D eigenvalue weighted by Gasteiger charge is 2.05. The van der Waals surface area contributed by atoms with E-state index in [1.807, 2.05) is 24.0 Å². The van der Waals surface area contributed by atoms with E-state index in [4.69, 9.17) is 0 Å². The molecule has 0 amide bonds. The Hall–Kier alpha value is -1.32. The second-order valence-corrected chi connectivity index (χ2v) is 3.95. The van der Waals surface area contributed by atoms with Crippen LogP contribution >= 0.6 is 0 Å². The lowest BCUT2D eigenvalue weighted by Gasteiger charge is -2.07. The average molecular weight is 206 g/mol. The van der Waals surface area contributed by atoms with Gasteiger partial charge in [0.2, 0.25) is 0 Å². The normalized spacial score (nSPS) is 17.0. The zero-order chi connectivity index (χ0) is 10.5. The van der Waals surface area contributed by atoms with Gasteiger partial charge >= 0.3 is 0 Å². The van der Waals surface area contributed by atoms with Crippen LogP contribution in [-0.2, 0) is 13.6 Å². The third-order valence-electron chi connectivity index (χ3n) is 2.75. The summed E-state index contributed by atoms with van der Waals surface area (Å²) in [7, 11) is 2.01. The Morgan fingerprint density at radius 3 is 3.13 bits per heavy atom. The molecule has 1 N–H and O–H groups in total. The van der Waals surface area contributed by atoms with E-state index < -0.39 is 0 Å². The van der Waals surface area contributed by atoms with Gasteiger partial charge in [-0.05, 0) is 12.8 Å². The van der Waals surface area contributed by atoms with Crippen LogP contribution in [0.15, 0.2) is 17.4 Å². The highest BCUT2D eigenvalue weighted by molar-refractivity contribution is 5.82. The lowest BCUT2D eigenvalue weighted by atomic mass is 10.2. The van der Waals surface area contributed by atoms with Gasteiger partial charge in [0, 0.05) is 32.4 Å². The summed E-state index contributed by atoms with van der Waals surface area (Å²) in [6, 6.07) is 0. The maximum atomic E-state index is 4.52. The van der Waals surface area contributed by atoms with E-state index in [1.165, 1.54) is 19.3 Å². The van der Waals surface area contributed by atoms with E-state index in [-0.39, 0.29) is 0 Å². The summed E-state index contributed by atoms with van der Waals surface area (Å²) in [6.45, 7) is 1.76. The van der Waals surface area contributed by atoms with Crippen molar-refractivity contribution in [3.63, 3.8) is 0 Å². The van der Waals surface area contributed by atoms with Crippen LogP contribution in [0.3, 0.4) is 0 Å². The van der Waals surface area contributed by atoms with Crippen LogP contribution in [0.1, 0.15) is 31.5 Å². The van der Waals surface area contributed by atoms with Crippen molar-refractivity contribution in [2.45, 2.75) is 32.2 Å². The van der Waals surface area contributed by atoms with Crippen LogP contribution in [0, 0.1) is 0 Å². The topological polar surface area (TPSA) is 42.2 Å². The number of hydrogen-bond acceptors (Lipinski definition) is 3. The smallest absolute Gasteiger partial charge is 0.127 e. The Kier molecular flexibility index (Phi) is 3.37. The monoisotopic (exact) mass is 206 g/mol. The fourth-order valence-electron chi connectivity index (χ4n) is 1.77. The van der Waals surface area contributed by atoms with E-state index in [0.29, 0.717) is 0 Å². The Morgan fingerprint density at radius 2 is 2.33 bits per heavy atom. The number of imidazole rings is 1. The van der Waals surface area contributed by atoms with Crippen molar-refractivity contribution in [3.8, 4) is 0 Å². The van der Waals surface area contributed by atoms with Gasteiger partial charge < -0.3 is 9.88 Å². The molecular weight excluding hydrogens is 188 g/mol. The number of nitrogens with zero attached hydrogens (tertiary/aromatic N) is 3. The van der Waals surface area contributed by atoms with Gasteiger partial charge in [0.15, 0.2) is 0 Å². The number of aryl methyl sites for hydroxylation is 1. The summed E-state index contributed by atoms with van der Waals surface area (Å²) in [5.41, 5.74) is 0. The van der Waals surface area contributed by atoms with Crippen LogP contribution in [-0.4, -0.2) is 21.9 Å². The molecule has 1 aliphatic heterocycles. The van der Waals surface area contributed by atoms with Crippen LogP contribution in [0.25, 0.3) is 0 Å². The zero-order valence-corrected chi connectivity index (χ0v) is 9.24. The van der Waals surface area contributed by atoms with E-state index in [0.717, 1.165) is 31.2 Å². The lowest BCUT2D eigenvalue weighted by molar-refractivity contribution is 0.720. The van der Waals surface area contributed by atoms with Crippen molar-refractivity contribution < 1.29 is 0 Å². The fourth-order valence-corrected chi connectivity index (χ4v) is 1.77. The van der Waals surface area contributed by atoms with E-state index in [2.05, 4.69) is 15.3 Å². The molecule has 0 saturated carbocycles. The van der Waals surface area contributed by atoms with Gasteiger partial charge in [0.25, 0.3) is 0 Å². The Bertz CT molecular complexity index is 340. The first-order chi connectivity index (χ1) is 7.36. The number of nitrogens with one attached hydrogen (secondary N) is 1. The summed E-state index contributed by atoms with van der Waals surface area (Å²) in [5.74, 6) is 2.21. The number of aliphatic imine (C=N–C) groups is 1. The van der Waals surface area contributed by atoms with Crippen LogP contribution in [0.4, 0.5) is 0 Å². The van der Waals surface area contributed by atoms with Gasteiger partial charge in [-0.1, -0.05) is 6.42 Å². The summed E-state index contributed by atoms with van der Waals surface area (Å²) < 4.78 is 2.03. The van der Waals surface area contributed by atoms with Gasteiger partial charge in [-0.15, -0.1) is 0 Å². The molecule has 0 atom stereocenters. The van der Waals surface area contributed by atoms with Crippen molar-refractivity contribution in [1.82, 2.24) is 14.9 Å². The van der Waals surface area contributed by atoms with Crippen molar-refractivity contribution in [2.24, 2.45) is 12.0 Å². The molecule has 0 aromatic carbocycles. The largest absolute Gasteiger partial charge is 0.367 e. The van der Waals surface area contributed by atoms with Gasteiger partial charge in [0.05, 0.1) is 12.4 Å². The van der Waals surface area contributed by atoms with Crippen molar-refractivity contribution in [1.29, 1.82) is 0 Å². The molecule has 0 saturated heterocycles. The standard InChI is InChI=1S/C11H18N4/c1-15-8-7-13-11(15)9-14-10-5-3-2-4-6-12-10/h7-8H,2-6,9H2,1H3,(H,12,14). The maximum absolute atomic E-state index is 4.52. The molecule has 4 heteroatoms. The van der Waals surface area contributed by atoms with Gasteiger partial charge in [-0.25, -0.2) is 4.98 Å². The van der Waals surface area contributed by atoms with Gasteiger partial charge in [0.1, 0.15) is 5.82 Å². The summed E-state index contributed by atoms with van der Waals surface area (Å²) in [4.78, 5) is 8.79. The molecule has 0 radical (unpaired) electrons. The molecule has 2 rings (SSSR count). The van der Waals surface area contributed by atoms with Crippen LogP contribution in [0.5, 0.6) is 0 Å². The van der Waals surface area contributed by atoms with Crippen molar-refractivity contribution in [2.75, 3.05) is 6.54 Å². The molecule has 82 valence electrons. The van der Waals surface area contributed by atoms with Gasteiger partial charge in [-0.3, -0.25) is 4.99 Å². The fraction of sp³-hybridized carbons (Fsp3) is 0.636. The van der Waals surface area contributed by atoms with E-state index >= 15 is 0 Å². The first-order valence-corrected chi connectivity index (χ1v) is 5.59. The predicted octanol–water partition coefficient (Wildman–Crippen LogP) is 1.48. The molecule has 2 heterocycles.